The summed E-state index contributed by atoms with van der Waals surface area (Å²) in [5.41, 5.74) is 6.22. The Hall–Kier alpha value is -1.82. The number of nitrogens with two attached hydrogens (primary N) is 1. The Labute approximate surface area is 97.2 Å². The second-order valence-corrected chi connectivity index (χ2v) is 3.73. The number of nitrogens with one attached hydrogen (secondary N) is 2. The summed E-state index contributed by atoms with van der Waals surface area (Å²) in [5.74, 6) is 1.33. The van der Waals surface area contributed by atoms with Crippen LogP contribution in [-0.4, -0.2) is 20.2 Å². The summed E-state index contributed by atoms with van der Waals surface area (Å²) in [6.07, 6.45) is 1.45. The normalized spacial score (nSPS) is 12.4. The van der Waals surface area contributed by atoms with Crippen LogP contribution >= 0.6 is 11.6 Å². The Balaban J connectivity index is 2.15. The quantitative estimate of drug-likeness (QED) is 0.707. The summed E-state index contributed by atoms with van der Waals surface area (Å²) in [5, 5.41) is 10.0. The lowest BCUT2D eigenvalue weighted by atomic mass is 10.3. The first-order valence-corrected chi connectivity index (χ1v) is 5.08. The zero-order valence-corrected chi connectivity index (χ0v) is 9.36. The molecule has 4 N–H and O–H groups in total. The Morgan fingerprint density at radius 2 is 2.31 bits per heavy atom. The summed E-state index contributed by atoms with van der Waals surface area (Å²) in [6, 6.07) is 3.25. The molecule has 0 fully saturated rings. The fourth-order valence-electron chi connectivity index (χ4n) is 1.30. The molecule has 2 heterocycles. The monoisotopic (exact) mass is 238 g/mol. The summed E-state index contributed by atoms with van der Waals surface area (Å²) in [6.45, 7) is 1.93. The summed E-state index contributed by atoms with van der Waals surface area (Å²) in [4.78, 5) is 8.13. The molecular formula is C9H11ClN6. The zero-order chi connectivity index (χ0) is 11.5. The minimum atomic E-state index is -0.0483. The van der Waals surface area contributed by atoms with Gasteiger partial charge in [0.2, 0.25) is 0 Å². The third-order valence-electron chi connectivity index (χ3n) is 2.02. The molecule has 2 rings (SSSR count). The maximum Gasteiger partial charge on any atom is 0.146 e. The van der Waals surface area contributed by atoms with Gasteiger partial charge >= 0.3 is 0 Å². The van der Waals surface area contributed by atoms with Crippen LogP contribution < -0.4 is 11.1 Å². The molecule has 7 heteroatoms. The summed E-state index contributed by atoms with van der Waals surface area (Å²) in [7, 11) is 0. The highest BCUT2D eigenvalue weighted by Crippen LogP contribution is 2.19. The van der Waals surface area contributed by atoms with Crippen LogP contribution in [0.25, 0.3) is 0 Å². The number of nitrogen functional groups attached to an aromatic ring is 1. The van der Waals surface area contributed by atoms with E-state index in [9.17, 15) is 0 Å². The minimum absolute atomic E-state index is 0.0483. The number of anilines is 2. The van der Waals surface area contributed by atoms with E-state index < -0.39 is 0 Å². The molecule has 84 valence electrons. The van der Waals surface area contributed by atoms with Gasteiger partial charge in [-0.2, -0.15) is 5.10 Å². The maximum atomic E-state index is 5.79. The van der Waals surface area contributed by atoms with Crippen molar-refractivity contribution in [2.75, 3.05) is 11.1 Å². The van der Waals surface area contributed by atoms with E-state index in [4.69, 9.17) is 17.3 Å². The molecule has 16 heavy (non-hydrogen) atoms. The molecular weight excluding hydrogens is 228 g/mol. The van der Waals surface area contributed by atoms with E-state index in [1.165, 1.54) is 6.33 Å². The Morgan fingerprint density at radius 1 is 1.50 bits per heavy atom. The average Bonchev–Trinajstić information content (AvgIpc) is 2.68. The summed E-state index contributed by atoms with van der Waals surface area (Å²) < 4.78 is 0. The highest BCUT2D eigenvalue weighted by Gasteiger charge is 2.09. The molecule has 0 spiro atoms. The molecule has 0 aliphatic heterocycles. The van der Waals surface area contributed by atoms with Crippen LogP contribution in [0.4, 0.5) is 11.5 Å². The number of rotatable bonds is 3. The topological polar surface area (TPSA) is 92.5 Å². The van der Waals surface area contributed by atoms with Gasteiger partial charge in [-0.05, 0) is 13.0 Å². The highest BCUT2D eigenvalue weighted by atomic mass is 35.5. The smallest absolute Gasteiger partial charge is 0.146 e. The lowest BCUT2D eigenvalue weighted by Gasteiger charge is -2.12. The van der Waals surface area contributed by atoms with Gasteiger partial charge in [0.1, 0.15) is 23.1 Å². The largest absolute Gasteiger partial charge is 0.399 e. The minimum Gasteiger partial charge on any atom is -0.399 e. The second-order valence-electron chi connectivity index (χ2n) is 3.35. The van der Waals surface area contributed by atoms with Crippen molar-refractivity contribution in [3.05, 3.63) is 29.4 Å². The van der Waals surface area contributed by atoms with Crippen molar-refractivity contribution >= 4 is 23.1 Å². The van der Waals surface area contributed by atoms with Gasteiger partial charge in [-0.25, -0.2) is 9.97 Å². The van der Waals surface area contributed by atoms with Crippen molar-refractivity contribution in [3.8, 4) is 0 Å². The number of hydrogen-bond donors (Lipinski definition) is 3. The van der Waals surface area contributed by atoms with Crippen molar-refractivity contribution in [3.63, 3.8) is 0 Å². The van der Waals surface area contributed by atoms with Crippen LogP contribution in [0, 0.1) is 0 Å². The third-order valence-corrected chi connectivity index (χ3v) is 2.22. The molecule has 0 saturated heterocycles. The highest BCUT2D eigenvalue weighted by molar-refractivity contribution is 6.29. The average molecular weight is 239 g/mol. The molecule has 0 aromatic carbocycles. The Bertz CT molecular complexity index is 449. The fourth-order valence-corrected chi connectivity index (χ4v) is 1.52. The van der Waals surface area contributed by atoms with Crippen LogP contribution in [0.2, 0.25) is 5.15 Å². The zero-order valence-electron chi connectivity index (χ0n) is 8.61. The standard InChI is InChI=1S/C9H11ClN6/c1-5(9-12-4-13-16-9)14-8-3-6(11)2-7(10)15-8/h2-5H,1H3,(H3,11,14,15)(H,12,13,16). The van der Waals surface area contributed by atoms with E-state index in [0.717, 1.165) is 5.82 Å². The van der Waals surface area contributed by atoms with Gasteiger partial charge in [0.05, 0.1) is 6.04 Å². The van der Waals surface area contributed by atoms with E-state index in [-0.39, 0.29) is 6.04 Å². The SMILES string of the molecule is CC(Nc1cc(N)cc(Cl)n1)c1ncn[nH]1. The number of aromatic nitrogens is 4. The predicted octanol–water partition coefficient (Wildman–Crippen LogP) is 1.61. The lowest BCUT2D eigenvalue weighted by molar-refractivity contribution is 0.790. The van der Waals surface area contributed by atoms with Crippen LogP contribution in [-0.2, 0) is 0 Å². The first-order valence-electron chi connectivity index (χ1n) is 4.70. The van der Waals surface area contributed by atoms with E-state index in [0.29, 0.717) is 16.7 Å². The number of pyridine rings is 1. The molecule has 1 atom stereocenters. The predicted molar refractivity (Wildman–Crippen MR) is 62.1 cm³/mol. The number of hydrogen-bond acceptors (Lipinski definition) is 5. The first-order chi connectivity index (χ1) is 7.65. The molecule has 0 amide bonds. The molecule has 2 aromatic rings. The molecule has 0 aliphatic rings. The first kappa shape index (κ1) is 10.7. The van der Waals surface area contributed by atoms with E-state index in [1.807, 2.05) is 6.92 Å². The second kappa shape index (κ2) is 4.36. The van der Waals surface area contributed by atoms with Gasteiger partial charge in [-0.3, -0.25) is 5.10 Å². The van der Waals surface area contributed by atoms with E-state index >= 15 is 0 Å². The Kier molecular flexibility index (Phi) is 2.91. The van der Waals surface area contributed by atoms with E-state index in [2.05, 4.69) is 25.5 Å². The molecule has 1 unspecified atom stereocenters. The number of aromatic amines is 1. The lowest BCUT2D eigenvalue weighted by Crippen LogP contribution is -2.10. The van der Waals surface area contributed by atoms with Crippen LogP contribution in [0.5, 0.6) is 0 Å². The van der Waals surface area contributed by atoms with Crippen molar-refractivity contribution < 1.29 is 0 Å². The van der Waals surface area contributed by atoms with Gasteiger partial charge in [0.15, 0.2) is 0 Å². The fraction of sp³-hybridized carbons (Fsp3) is 0.222. The number of nitrogens with zero attached hydrogens (tertiary/aromatic N) is 3. The van der Waals surface area contributed by atoms with Crippen molar-refractivity contribution in [2.24, 2.45) is 0 Å². The third kappa shape index (κ3) is 2.40. The molecule has 0 aliphatic carbocycles. The van der Waals surface area contributed by atoms with Gasteiger partial charge < -0.3 is 11.1 Å². The molecule has 0 radical (unpaired) electrons. The number of halogens is 1. The molecule has 6 nitrogen and oxygen atoms in total. The van der Waals surface area contributed by atoms with Gasteiger partial charge in [0, 0.05) is 11.8 Å². The summed E-state index contributed by atoms with van der Waals surface area (Å²) >= 11 is 5.79. The van der Waals surface area contributed by atoms with Crippen molar-refractivity contribution in [1.82, 2.24) is 20.2 Å². The Morgan fingerprint density at radius 3 is 2.94 bits per heavy atom. The number of H-pyrrole nitrogens is 1. The maximum absolute atomic E-state index is 5.79. The van der Waals surface area contributed by atoms with Crippen molar-refractivity contribution in [1.29, 1.82) is 0 Å². The van der Waals surface area contributed by atoms with Crippen LogP contribution in [0.1, 0.15) is 18.8 Å². The van der Waals surface area contributed by atoms with Gasteiger partial charge in [-0.1, -0.05) is 11.6 Å². The van der Waals surface area contributed by atoms with Crippen molar-refractivity contribution in [2.45, 2.75) is 13.0 Å². The molecule has 0 saturated carbocycles. The molecule has 0 bridgehead atoms. The van der Waals surface area contributed by atoms with Crippen LogP contribution in [0.15, 0.2) is 18.5 Å². The van der Waals surface area contributed by atoms with Gasteiger partial charge in [-0.15, -0.1) is 0 Å². The van der Waals surface area contributed by atoms with E-state index in [1.54, 1.807) is 12.1 Å². The van der Waals surface area contributed by atoms with Crippen LogP contribution in [0.3, 0.4) is 0 Å². The van der Waals surface area contributed by atoms with Gasteiger partial charge in [0.25, 0.3) is 0 Å². The molecule has 2 aromatic heterocycles.